The Morgan fingerprint density at radius 3 is 1.40 bits per heavy atom. The van der Waals surface area contributed by atoms with Gasteiger partial charge in [-0.1, -0.05) is 6.58 Å². The summed E-state index contributed by atoms with van der Waals surface area (Å²) in [5, 5.41) is 73.8. The number of nitrogens with two attached hydrogens (primary N) is 1. The Morgan fingerprint density at radius 1 is 0.886 bits per heavy atom. The molecule has 0 aliphatic rings. The molecule has 0 saturated heterocycles. The minimum absolute atomic E-state index is 0. The van der Waals surface area contributed by atoms with Crippen LogP contribution < -0.4 is 119 Å². The van der Waals surface area contributed by atoms with Gasteiger partial charge in [-0.05, 0) is 12.8 Å². The van der Waals surface area contributed by atoms with Gasteiger partial charge in [0, 0.05) is 18.1 Å². The van der Waals surface area contributed by atoms with Gasteiger partial charge in [0.25, 0.3) is 0 Å². The number of ether oxygens (including phenoxy) is 2. The normalized spacial score (nSPS) is 11.1. The van der Waals surface area contributed by atoms with E-state index in [1.807, 2.05) is 0 Å². The third-order valence-electron chi connectivity index (χ3n) is 4.16. The number of esters is 1. The number of aliphatic hydroxyl groups is 6. The first-order chi connectivity index (χ1) is 15.4. The zero-order valence-electron chi connectivity index (χ0n) is 20.6. The fraction of sp³-hybridized carbons (Fsp3) is 0.737. The fourth-order valence-electron chi connectivity index (χ4n) is 1.53. The molecule has 0 aliphatic heterocycles. The third-order valence-corrected chi connectivity index (χ3v) is 4.16. The summed E-state index contributed by atoms with van der Waals surface area (Å²) in [6.07, 6.45) is 0.611. The maximum absolute atomic E-state index is 9.86. The Kier molecular flexibility index (Phi) is 36.9. The number of carboxylic acids is 2. The zero-order chi connectivity index (χ0) is 26.5. The summed E-state index contributed by atoms with van der Waals surface area (Å²) in [7, 11) is 1.31. The molecule has 35 heavy (non-hydrogen) atoms. The molecule has 1 unspecified atom stereocenters. The van der Waals surface area contributed by atoms with E-state index in [2.05, 4.69) is 11.3 Å². The van der Waals surface area contributed by atoms with E-state index in [-0.39, 0.29) is 129 Å². The predicted octanol–water partition coefficient (Wildman–Crippen LogP) is -12.1. The molecule has 0 spiro atoms. The molecule has 0 fully saturated rings. The molecule has 0 saturated carbocycles. The van der Waals surface area contributed by atoms with Crippen molar-refractivity contribution in [2.75, 3.05) is 60.0 Å². The minimum atomic E-state index is -1.44. The molecule has 14 nitrogen and oxygen atoms in total. The summed E-state index contributed by atoms with van der Waals surface area (Å²) in [5.74, 6) is -3.15. The number of hydrogen-bond donors (Lipinski definition) is 7. The predicted molar refractivity (Wildman–Crippen MR) is 108 cm³/mol. The van der Waals surface area contributed by atoms with E-state index in [4.69, 9.17) is 41.1 Å². The van der Waals surface area contributed by atoms with Gasteiger partial charge >= 0.3 is 109 Å². The van der Waals surface area contributed by atoms with E-state index in [9.17, 15) is 24.6 Å². The van der Waals surface area contributed by atoms with Gasteiger partial charge in [-0.25, -0.2) is 4.79 Å². The Bertz CT molecular complexity index is 522. The Morgan fingerprint density at radius 2 is 1.23 bits per heavy atom. The van der Waals surface area contributed by atoms with Crippen LogP contribution >= 0.6 is 0 Å². The number of carbonyl (C=O) groups is 3. The first-order valence-corrected chi connectivity index (χ1v) is 9.52. The van der Waals surface area contributed by atoms with Crippen LogP contribution in [-0.4, -0.2) is 115 Å². The van der Waals surface area contributed by atoms with Gasteiger partial charge in [-0.2, -0.15) is 0 Å². The maximum atomic E-state index is 9.86. The van der Waals surface area contributed by atoms with E-state index < -0.39 is 74.4 Å². The molecule has 0 rings (SSSR count). The molecule has 0 aromatic carbocycles. The van der Waals surface area contributed by atoms with Crippen molar-refractivity contribution in [1.29, 1.82) is 0 Å². The SMILES string of the molecule is C=CC(=O)OC.NC(CCC(=O)[O-])C(=O)[O-].OCC(CO)(CO)COCC(CO)(CO)CO.[K+].[K+]. The monoisotopic (exact) mass is 563 g/mol. The smallest absolute Gasteiger partial charge is 0.550 e. The molecule has 0 aromatic rings. The molecule has 0 heterocycles. The second kappa shape index (κ2) is 28.1. The molecule has 0 aliphatic carbocycles. The Balaban J connectivity index is -0.000000142. The van der Waals surface area contributed by atoms with Crippen LogP contribution in [0.2, 0.25) is 0 Å². The van der Waals surface area contributed by atoms with Gasteiger partial charge in [0.1, 0.15) is 0 Å². The van der Waals surface area contributed by atoms with Crippen LogP contribution in [0.5, 0.6) is 0 Å². The summed E-state index contributed by atoms with van der Waals surface area (Å²) >= 11 is 0. The van der Waals surface area contributed by atoms with Crippen molar-refractivity contribution in [3.05, 3.63) is 12.7 Å². The van der Waals surface area contributed by atoms with E-state index >= 15 is 0 Å². The van der Waals surface area contributed by atoms with Gasteiger partial charge in [-0.15, -0.1) is 0 Å². The van der Waals surface area contributed by atoms with Gasteiger partial charge < -0.3 is 65.6 Å². The number of rotatable bonds is 15. The quantitative estimate of drug-likeness (QED) is 0.0554. The van der Waals surface area contributed by atoms with Crippen molar-refractivity contribution >= 4 is 17.9 Å². The van der Waals surface area contributed by atoms with Crippen molar-refractivity contribution in [3.63, 3.8) is 0 Å². The largest absolute Gasteiger partial charge is 1.00 e. The number of carbonyl (C=O) groups excluding carboxylic acids is 3. The topological polar surface area (TPSA) is 263 Å². The third kappa shape index (κ3) is 23.9. The van der Waals surface area contributed by atoms with Crippen molar-refractivity contribution in [1.82, 2.24) is 0 Å². The molecule has 0 amide bonds. The van der Waals surface area contributed by atoms with Gasteiger partial charge in [0.15, 0.2) is 0 Å². The van der Waals surface area contributed by atoms with Gasteiger partial charge in [0.2, 0.25) is 0 Å². The van der Waals surface area contributed by atoms with E-state index in [1.165, 1.54) is 7.11 Å². The van der Waals surface area contributed by atoms with E-state index in [0.29, 0.717) is 0 Å². The molecule has 1 atom stereocenters. The van der Waals surface area contributed by atoms with Crippen molar-refractivity contribution in [2.45, 2.75) is 18.9 Å². The second-order valence-corrected chi connectivity index (χ2v) is 7.00. The molecule has 0 aromatic heterocycles. The minimum Gasteiger partial charge on any atom is -0.550 e. The van der Waals surface area contributed by atoms with Crippen LogP contribution in [0.4, 0.5) is 0 Å². The average molecular weight is 564 g/mol. The number of carboxylic acid groups (broad SMARTS) is 2. The van der Waals surface area contributed by atoms with Crippen LogP contribution in [0.3, 0.4) is 0 Å². The number of hydrogen-bond acceptors (Lipinski definition) is 14. The standard InChI is InChI=1S/C10H22O7.C5H9NO4.C4H6O2.2K/c11-1-9(2-12,3-13)7-17-8-10(4-14,5-15)6-16;6-3(5(9)10)1-2-4(7)8;1-3-4(5)6-2;;/h11-16H,1-8H2;3H,1-2,6H2,(H,7,8)(H,9,10);3H,1H2,2H3;;/q;;;2*+1/p-2. The number of aliphatic hydroxyl groups excluding tert-OH is 6. The maximum Gasteiger partial charge on any atom is 1.00 e. The molecular weight excluding hydrogens is 528 g/mol. The number of aliphatic carboxylic acids is 2. The first-order valence-electron chi connectivity index (χ1n) is 9.52. The van der Waals surface area contributed by atoms with Crippen LogP contribution in [0.1, 0.15) is 12.8 Å². The zero-order valence-corrected chi connectivity index (χ0v) is 26.8. The summed E-state index contributed by atoms with van der Waals surface area (Å²) in [4.78, 5) is 29.4. The molecule has 8 N–H and O–H groups in total. The summed E-state index contributed by atoms with van der Waals surface area (Å²) < 4.78 is 9.29. The van der Waals surface area contributed by atoms with Crippen molar-refractivity contribution in [3.8, 4) is 0 Å². The summed E-state index contributed by atoms with van der Waals surface area (Å²) in [6, 6.07) is -1.21. The van der Waals surface area contributed by atoms with Crippen LogP contribution in [-0.2, 0) is 23.9 Å². The average Bonchev–Trinajstić information content (AvgIpc) is 2.83. The second-order valence-electron chi connectivity index (χ2n) is 7.00. The molecule has 0 bridgehead atoms. The van der Waals surface area contributed by atoms with E-state index in [0.717, 1.165) is 6.08 Å². The van der Waals surface area contributed by atoms with Crippen LogP contribution in [0, 0.1) is 10.8 Å². The van der Waals surface area contributed by atoms with Crippen molar-refractivity contribution in [2.24, 2.45) is 16.6 Å². The molecule has 16 heteroatoms. The van der Waals surface area contributed by atoms with Crippen LogP contribution in [0.15, 0.2) is 12.7 Å². The Labute approximate surface area is 289 Å². The molecule has 0 radical (unpaired) electrons. The van der Waals surface area contributed by atoms with Gasteiger partial charge in [0.05, 0.1) is 76.8 Å². The summed E-state index contributed by atoms with van der Waals surface area (Å²) in [5.41, 5.74) is 2.59. The molecular formula is C19H35K2NO13. The van der Waals surface area contributed by atoms with Gasteiger partial charge in [-0.3, -0.25) is 0 Å². The van der Waals surface area contributed by atoms with E-state index in [1.54, 1.807) is 0 Å². The fourth-order valence-corrected chi connectivity index (χ4v) is 1.53. The van der Waals surface area contributed by atoms with Crippen molar-refractivity contribution < 1.29 is 167 Å². The Hall–Kier alpha value is 1.10. The van der Waals surface area contributed by atoms with Crippen LogP contribution in [0.25, 0.3) is 0 Å². The summed E-state index contributed by atoms with van der Waals surface area (Å²) in [6.45, 7) is 0.152. The first kappa shape index (κ1) is 46.0. The molecule has 196 valence electrons. The number of methoxy groups -OCH3 is 1.